The standard InChI is InChI=1S/C17H19N3O6/c1-10-8-13(19-26-10)18-14(21)9-25-15(22)6-7-20-16(23)11-4-2-3-5-12(11)17(20)24/h2-3,8,11-12H,4-7,9H2,1H3,(H,18,19,21)/t11-,12-/m1/s1. The maximum Gasteiger partial charge on any atom is 0.308 e. The van der Waals surface area contributed by atoms with Crippen molar-refractivity contribution in [3.8, 4) is 0 Å². The Balaban J connectivity index is 1.42. The minimum Gasteiger partial charge on any atom is -0.456 e. The van der Waals surface area contributed by atoms with Crippen LogP contribution < -0.4 is 5.32 Å². The van der Waals surface area contributed by atoms with Crippen LogP contribution in [-0.2, 0) is 23.9 Å². The zero-order valence-electron chi connectivity index (χ0n) is 14.3. The first-order chi connectivity index (χ1) is 12.5. The molecule has 3 amide bonds. The first-order valence-electron chi connectivity index (χ1n) is 8.34. The molecule has 9 nitrogen and oxygen atoms in total. The van der Waals surface area contributed by atoms with E-state index in [9.17, 15) is 19.2 Å². The Morgan fingerprint density at radius 1 is 1.27 bits per heavy atom. The van der Waals surface area contributed by atoms with Crippen LogP contribution in [0.3, 0.4) is 0 Å². The van der Waals surface area contributed by atoms with Gasteiger partial charge in [-0.05, 0) is 19.8 Å². The second kappa shape index (κ2) is 7.51. The quantitative estimate of drug-likeness (QED) is 0.452. The van der Waals surface area contributed by atoms with E-state index < -0.39 is 18.5 Å². The van der Waals surface area contributed by atoms with E-state index in [1.807, 2.05) is 12.2 Å². The van der Waals surface area contributed by atoms with Gasteiger partial charge in [-0.3, -0.25) is 24.1 Å². The Labute approximate surface area is 149 Å². The predicted octanol–water partition coefficient (Wildman–Crippen LogP) is 0.806. The lowest BCUT2D eigenvalue weighted by atomic mass is 9.85. The predicted molar refractivity (Wildman–Crippen MR) is 87.5 cm³/mol. The lowest BCUT2D eigenvalue weighted by Crippen LogP contribution is -2.33. The van der Waals surface area contributed by atoms with E-state index in [2.05, 4.69) is 10.5 Å². The van der Waals surface area contributed by atoms with Crippen molar-refractivity contribution in [3.63, 3.8) is 0 Å². The molecule has 2 heterocycles. The van der Waals surface area contributed by atoms with Crippen molar-refractivity contribution in [2.24, 2.45) is 11.8 Å². The van der Waals surface area contributed by atoms with Crippen molar-refractivity contribution < 1.29 is 28.4 Å². The summed E-state index contributed by atoms with van der Waals surface area (Å²) in [5.41, 5.74) is 0. The molecule has 0 radical (unpaired) electrons. The van der Waals surface area contributed by atoms with Gasteiger partial charge in [0.1, 0.15) is 5.76 Å². The van der Waals surface area contributed by atoms with Crippen LogP contribution in [0.2, 0.25) is 0 Å². The molecular weight excluding hydrogens is 342 g/mol. The maximum atomic E-state index is 12.3. The average Bonchev–Trinajstić information content (AvgIpc) is 3.13. The largest absolute Gasteiger partial charge is 0.456 e. The van der Waals surface area contributed by atoms with Crippen LogP contribution >= 0.6 is 0 Å². The van der Waals surface area contributed by atoms with Crippen LogP contribution in [0.25, 0.3) is 0 Å². The molecule has 1 N–H and O–H groups in total. The Hall–Kier alpha value is -2.97. The zero-order chi connectivity index (χ0) is 18.7. The van der Waals surface area contributed by atoms with Crippen molar-refractivity contribution >= 4 is 29.5 Å². The van der Waals surface area contributed by atoms with Gasteiger partial charge in [0, 0.05) is 12.6 Å². The summed E-state index contributed by atoms with van der Waals surface area (Å²) < 4.78 is 9.66. The highest BCUT2D eigenvalue weighted by molar-refractivity contribution is 6.05. The summed E-state index contributed by atoms with van der Waals surface area (Å²) in [4.78, 5) is 49.1. The van der Waals surface area contributed by atoms with Gasteiger partial charge in [0.2, 0.25) is 11.8 Å². The lowest BCUT2D eigenvalue weighted by Gasteiger charge is -2.14. The SMILES string of the molecule is Cc1cc(NC(=O)COC(=O)CCN2C(=O)[C@@H]3CC=CC[C@H]3C2=O)no1. The van der Waals surface area contributed by atoms with Gasteiger partial charge in [-0.15, -0.1) is 0 Å². The number of hydrogen-bond acceptors (Lipinski definition) is 7. The van der Waals surface area contributed by atoms with Gasteiger partial charge in [0.15, 0.2) is 12.4 Å². The highest BCUT2D eigenvalue weighted by atomic mass is 16.5. The normalized spacial score (nSPS) is 21.7. The van der Waals surface area contributed by atoms with E-state index in [4.69, 9.17) is 9.26 Å². The van der Waals surface area contributed by atoms with Crippen molar-refractivity contribution in [1.82, 2.24) is 10.1 Å². The maximum absolute atomic E-state index is 12.3. The first kappa shape index (κ1) is 17.8. The molecule has 1 aromatic heterocycles. The Morgan fingerprint density at radius 3 is 2.50 bits per heavy atom. The van der Waals surface area contributed by atoms with E-state index in [0.717, 1.165) is 4.90 Å². The van der Waals surface area contributed by atoms with Crippen LogP contribution in [0.1, 0.15) is 25.0 Å². The number of aryl methyl sites for hydroxylation is 1. The van der Waals surface area contributed by atoms with Crippen molar-refractivity contribution in [1.29, 1.82) is 0 Å². The monoisotopic (exact) mass is 361 g/mol. The van der Waals surface area contributed by atoms with Gasteiger partial charge >= 0.3 is 5.97 Å². The number of esters is 1. The number of fused-ring (bicyclic) bond motifs is 1. The molecule has 0 saturated carbocycles. The number of likely N-dealkylation sites (tertiary alicyclic amines) is 1. The summed E-state index contributed by atoms with van der Waals surface area (Å²) in [5.74, 6) is -1.57. The molecule has 1 aliphatic carbocycles. The molecule has 1 aromatic rings. The van der Waals surface area contributed by atoms with E-state index in [1.165, 1.54) is 6.07 Å². The number of carbonyl (C=O) groups excluding carboxylic acids is 4. The average molecular weight is 361 g/mol. The number of rotatable bonds is 6. The number of hydrogen-bond donors (Lipinski definition) is 1. The molecule has 1 aliphatic heterocycles. The number of carbonyl (C=O) groups is 4. The Morgan fingerprint density at radius 2 is 1.92 bits per heavy atom. The molecule has 0 aromatic carbocycles. The highest BCUT2D eigenvalue weighted by Gasteiger charge is 2.46. The summed E-state index contributed by atoms with van der Waals surface area (Å²) in [7, 11) is 0. The first-order valence-corrected chi connectivity index (χ1v) is 8.34. The number of allylic oxidation sites excluding steroid dienone is 2. The van der Waals surface area contributed by atoms with Crippen molar-refractivity contribution in [2.45, 2.75) is 26.2 Å². The molecule has 26 heavy (non-hydrogen) atoms. The van der Waals surface area contributed by atoms with Crippen LogP contribution in [0, 0.1) is 18.8 Å². The molecule has 3 rings (SSSR count). The Bertz CT molecular complexity index is 742. The number of nitrogens with one attached hydrogen (secondary N) is 1. The fourth-order valence-corrected chi connectivity index (χ4v) is 3.11. The number of nitrogens with zero attached hydrogens (tertiary/aromatic N) is 2. The fraction of sp³-hybridized carbons (Fsp3) is 0.471. The van der Waals surface area contributed by atoms with E-state index in [1.54, 1.807) is 6.92 Å². The minimum atomic E-state index is -0.662. The molecule has 1 fully saturated rings. The molecule has 1 saturated heterocycles. The third kappa shape index (κ3) is 3.81. The minimum absolute atomic E-state index is 0.0341. The second-order valence-electron chi connectivity index (χ2n) is 6.27. The van der Waals surface area contributed by atoms with Gasteiger partial charge in [-0.2, -0.15) is 0 Å². The summed E-state index contributed by atoms with van der Waals surface area (Å²) in [5, 5.41) is 6.01. The van der Waals surface area contributed by atoms with Crippen molar-refractivity contribution in [2.75, 3.05) is 18.5 Å². The van der Waals surface area contributed by atoms with E-state index in [-0.39, 0.29) is 42.4 Å². The van der Waals surface area contributed by atoms with E-state index >= 15 is 0 Å². The van der Waals surface area contributed by atoms with Gasteiger partial charge in [0.25, 0.3) is 5.91 Å². The number of ether oxygens (including phenoxy) is 1. The number of anilines is 1. The third-order valence-electron chi connectivity index (χ3n) is 4.40. The van der Waals surface area contributed by atoms with Crippen LogP contribution in [0.4, 0.5) is 5.82 Å². The molecule has 9 heteroatoms. The van der Waals surface area contributed by atoms with Crippen LogP contribution in [-0.4, -0.2) is 46.9 Å². The summed E-state index contributed by atoms with van der Waals surface area (Å²) >= 11 is 0. The molecule has 2 atom stereocenters. The molecule has 0 spiro atoms. The summed E-state index contributed by atoms with van der Waals surface area (Å²) in [6.07, 6.45) is 4.76. The number of amides is 3. The fourth-order valence-electron chi connectivity index (χ4n) is 3.11. The van der Waals surface area contributed by atoms with Crippen molar-refractivity contribution in [3.05, 3.63) is 24.0 Å². The summed E-state index contributed by atoms with van der Waals surface area (Å²) in [6.45, 7) is 1.16. The van der Waals surface area contributed by atoms with Crippen LogP contribution in [0.15, 0.2) is 22.7 Å². The van der Waals surface area contributed by atoms with E-state index in [0.29, 0.717) is 18.6 Å². The molecule has 2 aliphatic rings. The van der Waals surface area contributed by atoms with Gasteiger partial charge in [-0.1, -0.05) is 17.3 Å². The molecule has 138 valence electrons. The highest BCUT2D eigenvalue weighted by Crippen LogP contribution is 2.34. The number of imide groups is 1. The summed E-state index contributed by atoms with van der Waals surface area (Å²) in [6, 6.07) is 1.53. The Kier molecular flexibility index (Phi) is 5.15. The van der Waals surface area contributed by atoms with Crippen LogP contribution in [0.5, 0.6) is 0 Å². The smallest absolute Gasteiger partial charge is 0.308 e. The lowest BCUT2D eigenvalue weighted by molar-refractivity contribution is -0.148. The van der Waals surface area contributed by atoms with Gasteiger partial charge in [-0.25, -0.2) is 0 Å². The second-order valence-corrected chi connectivity index (χ2v) is 6.27. The molecule has 0 unspecified atom stereocenters. The number of aromatic nitrogens is 1. The third-order valence-corrected chi connectivity index (χ3v) is 4.40. The molecular formula is C17H19N3O6. The van der Waals surface area contributed by atoms with Gasteiger partial charge in [0.05, 0.1) is 18.3 Å². The zero-order valence-corrected chi connectivity index (χ0v) is 14.3. The van der Waals surface area contributed by atoms with Gasteiger partial charge < -0.3 is 14.6 Å². The topological polar surface area (TPSA) is 119 Å². The molecule has 0 bridgehead atoms.